The van der Waals surface area contributed by atoms with Crippen molar-refractivity contribution in [1.29, 1.82) is 0 Å². The molecule has 0 N–H and O–H groups in total. The number of thiocarbonyl (C=S) groups is 1. The van der Waals surface area contributed by atoms with Crippen molar-refractivity contribution in [3.05, 3.63) is 90.7 Å². The van der Waals surface area contributed by atoms with Crippen LogP contribution in [-0.2, 0) is 11.4 Å². The van der Waals surface area contributed by atoms with Gasteiger partial charge in [-0.15, -0.1) is 0 Å². The van der Waals surface area contributed by atoms with Gasteiger partial charge in [0.25, 0.3) is 5.91 Å². The molecule has 0 aliphatic carbocycles. The summed E-state index contributed by atoms with van der Waals surface area (Å²) >= 11 is 19.9. The molecule has 0 aromatic heterocycles. The molecule has 34 heavy (non-hydrogen) atoms. The summed E-state index contributed by atoms with van der Waals surface area (Å²) in [4.78, 5) is 15.2. The molecule has 0 radical (unpaired) electrons. The van der Waals surface area contributed by atoms with Crippen LogP contribution in [0.4, 0.5) is 5.69 Å². The highest BCUT2D eigenvalue weighted by atomic mass is 79.9. The van der Waals surface area contributed by atoms with Crippen LogP contribution in [0, 0.1) is 0 Å². The Balaban J connectivity index is 1.51. The molecule has 0 bridgehead atoms. The molecule has 9 heteroatoms. The highest BCUT2D eigenvalue weighted by Gasteiger charge is 2.33. The van der Waals surface area contributed by atoms with E-state index in [2.05, 4.69) is 31.9 Å². The molecule has 1 heterocycles. The van der Waals surface area contributed by atoms with Crippen molar-refractivity contribution in [3.8, 4) is 11.5 Å². The summed E-state index contributed by atoms with van der Waals surface area (Å²) < 4.78 is 13.5. The predicted octanol–water partition coefficient (Wildman–Crippen LogP) is 8.25. The molecular formula is C25H18Br2ClNO3S2. The molecule has 0 saturated carbocycles. The van der Waals surface area contributed by atoms with Crippen molar-refractivity contribution in [2.24, 2.45) is 0 Å². The lowest BCUT2D eigenvalue weighted by atomic mass is 10.2. The third-order valence-electron chi connectivity index (χ3n) is 4.81. The first-order valence-corrected chi connectivity index (χ1v) is 13.4. The molecule has 0 atom stereocenters. The fourth-order valence-corrected chi connectivity index (χ4v) is 6.11. The number of benzene rings is 3. The third-order valence-corrected chi connectivity index (χ3v) is 7.55. The highest BCUT2D eigenvalue weighted by Crippen LogP contribution is 2.39. The van der Waals surface area contributed by atoms with E-state index in [-0.39, 0.29) is 5.91 Å². The number of nitrogens with zero attached hydrogens (tertiary/aromatic N) is 1. The van der Waals surface area contributed by atoms with Crippen molar-refractivity contribution in [3.63, 3.8) is 0 Å². The fraction of sp³-hybridized carbons (Fsp3) is 0.120. The molecular weight excluding hydrogens is 622 g/mol. The minimum Gasteiger partial charge on any atom is -0.494 e. The van der Waals surface area contributed by atoms with Gasteiger partial charge in [0.05, 0.1) is 26.1 Å². The van der Waals surface area contributed by atoms with Gasteiger partial charge in [0.2, 0.25) is 0 Å². The number of rotatable bonds is 7. The minimum absolute atomic E-state index is 0.158. The maximum atomic E-state index is 13.1. The van der Waals surface area contributed by atoms with E-state index < -0.39 is 0 Å². The van der Waals surface area contributed by atoms with Gasteiger partial charge in [-0.2, -0.15) is 0 Å². The Kier molecular flexibility index (Phi) is 8.37. The second-order valence-corrected chi connectivity index (χ2v) is 11.0. The van der Waals surface area contributed by atoms with Crippen molar-refractivity contribution in [2.45, 2.75) is 13.5 Å². The van der Waals surface area contributed by atoms with Gasteiger partial charge in [0.1, 0.15) is 18.1 Å². The van der Waals surface area contributed by atoms with Gasteiger partial charge in [0, 0.05) is 5.02 Å². The Bertz CT molecular complexity index is 1240. The topological polar surface area (TPSA) is 38.8 Å². The molecule has 3 aromatic carbocycles. The summed E-state index contributed by atoms with van der Waals surface area (Å²) in [5, 5.41) is 0.684. The Morgan fingerprint density at radius 2 is 1.68 bits per heavy atom. The number of carbonyl (C=O) groups excluding carboxylic acids is 1. The second-order valence-electron chi connectivity index (χ2n) is 7.17. The number of amides is 1. The molecule has 4 rings (SSSR count). The lowest BCUT2D eigenvalue weighted by Gasteiger charge is -2.15. The third kappa shape index (κ3) is 5.86. The van der Waals surface area contributed by atoms with E-state index in [1.54, 1.807) is 0 Å². The average molecular weight is 640 g/mol. The number of halogens is 3. The quantitative estimate of drug-likeness (QED) is 0.192. The summed E-state index contributed by atoms with van der Waals surface area (Å²) in [7, 11) is 0. The minimum atomic E-state index is -0.158. The smallest absolute Gasteiger partial charge is 0.270 e. The van der Waals surface area contributed by atoms with E-state index in [0.717, 1.165) is 25.8 Å². The molecule has 1 fully saturated rings. The molecule has 1 aliphatic rings. The number of hydrogen-bond donors (Lipinski definition) is 0. The van der Waals surface area contributed by atoms with E-state index in [0.29, 0.717) is 38.9 Å². The summed E-state index contributed by atoms with van der Waals surface area (Å²) in [6.07, 6.45) is 1.83. The zero-order chi connectivity index (χ0) is 24.2. The van der Waals surface area contributed by atoms with Crippen LogP contribution in [0.5, 0.6) is 11.5 Å². The van der Waals surface area contributed by atoms with Gasteiger partial charge >= 0.3 is 0 Å². The van der Waals surface area contributed by atoms with E-state index in [1.807, 2.05) is 73.7 Å². The Morgan fingerprint density at radius 1 is 1.03 bits per heavy atom. The molecule has 0 spiro atoms. The Labute approximate surface area is 229 Å². The zero-order valence-corrected chi connectivity index (χ0v) is 23.4. The average Bonchev–Trinajstić information content (AvgIpc) is 3.08. The largest absolute Gasteiger partial charge is 0.494 e. The van der Waals surface area contributed by atoms with Crippen molar-refractivity contribution in [2.75, 3.05) is 11.5 Å². The van der Waals surface area contributed by atoms with Gasteiger partial charge in [-0.3, -0.25) is 9.69 Å². The molecule has 1 aliphatic heterocycles. The van der Waals surface area contributed by atoms with Crippen LogP contribution in [0.15, 0.2) is 74.5 Å². The number of carbonyl (C=O) groups is 1. The number of ether oxygens (including phenoxy) is 2. The Morgan fingerprint density at radius 3 is 2.29 bits per heavy atom. The first-order valence-electron chi connectivity index (χ1n) is 10.2. The lowest BCUT2D eigenvalue weighted by molar-refractivity contribution is -0.113. The fourth-order valence-electron chi connectivity index (χ4n) is 3.24. The summed E-state index contributed by atoms with van der Waals surface area (Å²) in [5.41, 5.74) is 2.55. The maximum absolute atomic E-state index is 13.1. The lowest BCUT2D eigenvalue weighted by Crippen LogP contribution is -2.27. The van der Waals surface area contributed by atoms with Crippen LogP contribution in [0.3, 0.4) is 0 Å². The van der Waals surface area contributed by atoms with Gasteiger partial charge in [-0.25, -0.2) is 0 Å². The van der Waals surface area contributed by atoms with E-state index in [4.69, 9.17) is 33.3 Å². The van der Waals surface area contributed by atoms with Crippen molar-refractivity contribution in [1.82, 2.24) is 0 Å². The van der Waals surface area contributed by atoms with E-state index in [1.165, 1.54) is 16.7 Å². The van der Waals surface area contributed by atoms with Crippen LogP contribution in [0.2, 0.25) is 5.02 Å². The number of thioether (sulfide) groups is 1. The zero-order valence-electron chi connectivity index (χ0n) is 17.9. The van der Waals surface area contributed by atoms with Crippen LogP contribution in [0.25, 0.3) is 6.08 Å². The van der Waals surface area contributed by atoms with E-state index >= 15 is 0 Å². The van der Waals surface area contributed by atoms with Crippen LogP contribution in [-0.4, -0.2) is 16.8 Å². The summed E-state index contributed by atoms with van der Waals surface area (Å²) in [5.74, 6) is 1.27. The molecule has 1 amide bonds. The highest BCUT2D eigenvalue weighted by molar-refractivity contribution is 9.11. The van der Waals surface area contributed by atoms with Crippen LogP contribution < -0.4 is 14.4 Å². The standard InChI is InChI=1S/C25H18Br2ClNO3S2/c1-2-31-19-9-7-18(8-10-19)29-24(30)22(34-25(29)33)13-16-11-20(26)23(21(27)12-16)32-14-15-3-5-17(28)6-4-15/h3-13H,2,14H2,1H3/b22-13+. The molecule has 1 saturated heterocycles. The van der Waals surface area contributed by atoms with Crippen LogP contribution >= 0.6 is 67.4 Å². The predicted molar refractivity (Wildman–Crippen MR) is 151 cm³/mol. The number of anilines is 1. The molecule has 0 unspecified atom stereocenters. The van der Waals surface area contributed by atoms with Gasteiger partial charge < -0.3 is 9.47 Å². The van der Waals surface area contributed by atoms with E-state index in [9.17, 15) is 4.79 Å². The normalized spacial score (nSPS) is 14.7. The second kappa shape index (κ2) is 11.3. The first kappa shape index (κ1) is 25.3. The van der Waals surface area contributed by atoms with Crippen molar-refractivity contribution < 1.29 is 14.3 Å². The van der Waals surface area contributed by atoms with Crippen molar-refractivity contribution >= 4 is 89.4 Å². The summed E-state index contributed by atoms with van der Waals surface area (Å²) in [6.45, 7) is 2.91. The van der Waals surface area contributed by atoms with Gasteiger partial charge in [0.15, 0.2) is 4.32 Å². The number of hydrogen-bond acceptors (Lipinski definition) is 5. The molecule has 4 nitrogen and oxygen atoms in total. The summed E-state index contributed by atoms with van der Waals surface area (Å²) in [6, 6.07) is 18.6. The molecule has 3 aromatic rings. The van der Waals surface area contributed by atoms with Gasteiger partial charge in [-0.05, 0) is 105 Å². The molecule has 174 valence electrons. The van der Waals surface area contributed by atoms with Gasteiger partial charge in [-0.1, -0.05) is 47.7 Å². The SMILES string of the molecule is CCOc1ccc(N2C(=O)/C(=C\c3cc(Br)c(OCc4ccc(Cl)cc4)c(Br)c3)SC2=S)cc1. The monoisotopic (exact) mass is 637 g/mol. The first-order chi connectivity index (χ1) is 16.4. The Hall–Kier alpha value is -1.84. The maximum Gasteiger partial charge on any atom is 0.270 e. The van der Waals surface area contributed by atoms with Crippen LogP contribution in [0.1, 0.15) is 18.1 Å².